The van der Waals surface area contributed by atoms with E-state index in [1.54, 1.807) is 12.1 Å². The highest BCUT2D eigenvalue weighted by Crippen LogP contribution is 2.25. The average Bonchev–Trinajstić information content (AvgIpc) is 3.02. The average molecular weight is 335 g/mol. The molecule has 2 aliphatic rings. The number of hydrogen-bond acceptors (Lipinski definition) is 4. The maximum atomic E-state index is 13.6. The zero-order valence-corrected chi connectivity index (χ0v) is 13.9. The van der Waals surface area contributed by atoms with E-state index in [1.807, 2.05) is 6.07 Å². The van der Waals surface area contributed by atoms with Gasteiger partial charge in [-0.15, -0.1) is 0 Å². The van der Waals surface area contributed by atoms with Gasteiger partial charge in [0.05, 0.1) is 19.3 Å². The van der Waals surface area contributed by atoms with Crippen LogP contribution < -0.4 is 11.1 Å². The van der Waals surface area contributed by atoms with E-state index >= 15 is 0 Å². The lowest BCUT2D eigenvalue weighted by atomic mass is 10.0. The van der Waals surface area contributed by atoms with E-state index in [4.69, 9.17) is 10.5 Å². The van der Waals surface area contributed by atoms with Gasteiger partial charge in [0.25, 0.3) is 0 Å². The number of benzene rings is 1. The number of nitrogens with one attached hydrogen (secondary N) is 1. The minimum absolute atomic E-state index is 0.0119. The van der Waals surface area contributed by atoms with Gasteiger partial charge in [-0.05, 0) is 37.0 Å². The van der Waals surface area contributed by atoms with Gasteiger partial charge in [-0.25, -0.2) is 4.39 Å². The normalized spacial score (nSPS) is 26.2. The quantitative estimate of drug-likeness (QED) is 0.854. The van der Waals surface area contributed by atoms with Crippen LogP contribution in [-0.2, 0) is 9.53 Å². The van der Waals surface area contributed by atoms with Gasteiger partial charge in [-0.1, -0.05) is 12.1 Å². The van der Waals surface area contributed by atoms with E-state index in [2.05, 4.69) is 10.2 Å². The van der Waals surface area contributed by atoms with Crippen molar-refractivity contribution in [2.24, 2.45) is 11.7 Å². The Morgan fingerprint density at radius 1 is 1.38 bits per heavy atom. The summed E-state index contributed by atoms with van der Waals surface area (Å²) in [5, 5.41) is 3.06. The number of ether oxygens (including phenoxy) is 1. The summed E-state index contributed by atoms with van der Waals surface area (Å²) in [6, 6.07) is 6.73. The van der Waals surface area contributed by atoms with Gasteiger partial charge in [-0.2, -0.15) is 0 Å². The standard InChI is InChI=1S/C18H26FN3O2/c19-15-3-1-2-13(10-15)17(22-6-8-24-9-7-22)12-21-18(23)14-4-5-16(20)11-14/h1-3,10,14,16-17H,4-9,11-12,20H2,(H,21,23). The maximum absolute atomic E-state index is 13.6. The van der Waals surface area contributed by atoms with Crippen LogP contribution in [0.2, 0.25) is 0 Å². The first kappa shape index (κ1) is 17.3. The van der Waals surface area contributed by atoms with Crippen molar-refractivity contribution in [3.05, 3.63) is 35.6 Å². The molecule has 2 fully saturated rings. The third-order valence-electron chi connectivity index (χ3n) is 5.03. The van der Waals surface area contributed by atoms with Gasteiger partial charge >= 0.3 is 0 Å². The van der Waals surface area contributed by atoms with Gasteiger partial charge in [0.15, 0.2) is 0 Å². The Balaban J connectivity index is 1.66. The lowest BCUT2D eigenvalue weighted by Gasteiger charge is -2.35. The summed E-state index contributed by atoms with van der Waals surface area (Å²) in [5.41, 5.74) is 6.79. The Hall–Kier alpha value is -1.50. The van der Waals surface area contributed by atoms with Gasteiger partial charge in [-0.3, -0.25) is 9.69 Å². The van der Waals surface area contributed by atoms with Gasteiger partial charge in [0, 0.05) is 31.6 Å². The molecule has 6 heteroatoms. The van der Waals surface area contributed by atoms with Crippen LogP contribution in [0.25, 0.3) is 0 Å². The summed E-state index contributed by atoms with van der Waals surface area (Å²) in [6.45, 7) is 3.37. The van der Waals surface area contributed by atoms with Crippen LogP contribution in [-0.4, -0.2) is 49.7 Å². The third-order valence-corrected chi connectivity index (χ3v) is 5.03. The molecule has 24 heavy (non-hydrogen) atoms. The molecule has 0 aromatic heterocycles. The molecule has 1 aromatic carbocycles. The Labute approximate surface area is 142 Å². The van der Waals surface area contributed by atoms with Crippen molar-refractivity contribution < 1.29 is 13.9 Å². The SMILES string of the molecule is NC1CCC(C(=O)NCC(c2cccc(F)c2)N2CCOCC2)C1. The highest BCUT2D eigenvalue weighted by Gasteiger charge is 2.29. The molecule has 5 nitrogen and oxygen atoms in total. The largest absolute Gasteiger partial charge is 0.379 e. The fourth-order valence-electron chi connectivity index (χ4n) is 3.66. The van der Waals surface area contributed by atoms with Gasteiger partial charge in [0.2, 0.25) is 5.91 Å². The van der Waals surface area contributed by atoms with Crippen molar-refractivity contribution in [3.63, 3.8) is 0 Å². The van der Waals surface area contributed by atoms with E-state index in [-0.39, 0.29) is 29.7 Å². The summed E-state index contributed by atoms with van der Waals surface area (Å²) < 4.78 is 19.0. The Morgan fingerprint density at radius 2 is 2.17 bits per heavy atom. The molecule has 1 heterocycles. The summed E-state index contributed by atoms with van der Waals surface area (Å²) in [6.07, 6.45) is 2.53. The molecule has 3 unspecified atom stereocenters. The van der Waals surface area contributed by atoms with E-state index in [9.17, 15) is 9.18 Å². The number of hydrogen-bond donors (Lipinski definition) is 2. The van der Waals surface area contributed by atoms with Crippen LogP contribution in [0.4, 0.5) is 4.39 Å². The van der Waals surface area contributed by atoms with Crippen molar-refractivity contribution in [3.8, 4) is 0 Å². The fourth-order valence-corrected chi connectivity index (χ4v) is 3.66. The number of amides is 1. The van der Waals surface area contributed by atoms with E-state index in [1.165, 1.54) is 6.07 Å². The van der Waals surface area contributed by atoms with Crippen LogP contribution >= 0.6 is 0 Å². The first-order chi connectivity index (χ1) is 11.6. The van der Waals surface area contributed by atoms with Crippen LogP contribution in [0.3, 0.4) is 0 Å². The van der Waals surface area contributed by atoms with Crippen molar-refractivity contribution in [2.45, 2.75) is 31.3 Å². The predicted molar refractivity (Wildman–Crippen MR) is 89.9 cm³/mol. The topological polar surface area (TPSA) is 67.6 Å². The summed E-state index contributed by atoms with van der Waals surface area (Å²) >= 11 is 0. The number of halogens is 1. The predicted octanol–water partition coefficient (Wildman–Crippen LogP) is 1.44. The second kappa shape index (κ2) is 8.05. The van der Waals surface area contributed by atoms with E-state index in [0.29, 0.717) is 19.8 Å². The number of nitrogens with zero attached hydrogens (tertiary/aromatic N) is 1. The Kier molecular flexibility index (Phi) is 5.81. The van der Waals surface area contributed by atoms with E-state index in [0.717, 1.165) is 37.9 Å². The molecule has 1 saturated heterocycles. The van der Waals surface area contributed by atoms with E-state index < -0.39 is 0 Å². The zero-order chi connectivity index (χ0) is 16.9. The molecule has 0 spiro atoms. The number of carbonyl (C=O) groups excluding carboxylic acids is 1. The number of morpholine rings is 1. The Bertz CT molecular complexity index is 563. The number of rotatable bonds is 5. The highest BCUT2D eigenvalue weighted by molar-refractivity contribution is 5.79. The molecular formula is C18H26FN3O2. The van der Waals surface area contributed by atoms with Crippen molar-refractivity contribution in [1.29, 1.82) is 0 Å². The summed E-state index contributed by atoms with van der Waals surface area (Å²) in [4.78, 5) is 14.6. The van der Waals surface area contributed by atoms with Crippen molar-refractivity contribution >= 4 is 5.91 Å². The molecule has 3 atom stereocenters. The molecule has 1 saturated carbocycles. The van der Waals surface area contributed by atoms with Gasteiger partial charge in [0.1, 0.15) is 5.82 Å². The van der Waals surface area contributed by atoms with Crippen molar-refractivity contribution in [2.75, 3.05) is 32.8 Å². The van der Waals surface area contributed by atoms with Crippen LogP contribution in [0.1, 0.15) is 30.9 Å². The molecule has 0 radical (unpaired) electrons. The molecule has 1 aliphatic carbocycles. The summed E-state index contributed by atoms with van der Waals surface area (Å²) in [5.74, 6) is -0.172. The monoisotopic (exact) mass is 335 g/mol. The second-order valence-corrected chi connectivity index (χ2v) is 6.73. The molecule has 0 bridgehead atoms. The maximum Gasteiger partial charge on any atom is 0.223 e. The smallest absolute Gasteiger partial charge is 0.223 e. The van der Waals surface area contributed by atoms with Crippen LogP contribution in [0, 0.1) is 11.7 Å². The number of carbonyl (C=O) groups is 1. The molecule has 3 N–H and O–H groups in total. The first-order valence-corrected chi connectivity index (χ1v) is 8.74. The zero-order valence-electron chi connectivity index (χ0n) is 13.9. The Morgan fingerprint density at radius 3 is 2.83 bits per heavy atom. The molecule has 1 aromatic rings. The lowest BCUT2D eigenvalue weighted by molar-refractivity contribution is -0.125. The second-order valence-electron chi connectivity index (χ2n) is 6.73. The highest BCUT2D eigenvalue weighted by atomic mass is 19.1. The minimum atomic E-state index is -0.251. The van der Waals surface area contributed by atoms with Gasteiger partial charge < -0.3 is 15.8 Å². The molecule has 3 rings (SSSR count). The molecule has 1 amide bonds. The fraction of sp³-hybridized carbons (Fsp3) is 0.611. The molecule has 1 aliphatic heterocycles. The molecule has 132 valence electrons. The minimum Gasteiger partial charge on any atom is -0.379 e. The van der Waals surface area contributed by atoms with Crippen molar-refractivity contribution in [1.82, 2.24) is 10.2 Å². The first-order valence-electron chi connectivity index (χ1n) is 8.74. The van der Waals surface area contributed by atoms with Crippen LogP contribution in [0.5, 0.6) is 0 Å². The summed E-state index contributed by atoms with van der Waals surface area (Å²) in [7, 11) is 0. The number of nitrogens with two attached hydrogens (primary N) is 1. The third kappa shape index (κ3) is 4.32. The lowest BCUT2D eigenvalue weighted by Crippen LogP contribution is -2.44. The van der Waals surface area contributed by atoms with Crippen LogP contribution in [0.15, 0.2) is 24.3 Å². The molecular weight excluding hydrogens is 309 g/mol.